The highest BCUT2D eigenvalue weighted by molar-refractivity contribution is 5.67. The minimum atomic E-state index is -1.38. The van der Waals surface area contributed by atoms with Crippen LogP contribution in [-0.4, -0.2) is 34.6 Å². The van der Waals surface area contributed by atoms with Gasteiger partial charge in [0.2, 0.25) is 0 Å². The Morgan fingerprint density at radius 2 is 1.91 bits per heavy atom. The maximum atomic E-state index is 13.1. The van der Waals surface area contributed by atoms with Crippen molar-refractivity contribution >= 4 is 6.09 Å². The monoisotopic (exact) mass is 317 g/mol. The highest BCUT2D eigenvalue weighted by Crippen LogP contribution is 2.20. The van der Waals surface area contributed by atoms with E-state index in [-0.39, 0.29) is 18.5 Å². The molecule has 0 radical (unpaired) electrons. The Bertz CT molecular complexity index is 517. The first-order valence-corrected chi connectivity index (χ1v) is 6.88. The normalized spacial score (nSPS) is 14.3. The van der Waals surface area contributed by atoms with Gasteiger partial charge in [0, 0.05) is 6.54 Å². The summed E-state index contributed by atoms with van der Waals surface area (Å²) in [7, 11) is 0. The molecule has 22 heavy (non-hydrogen) atoms. The lowest BCUT2D eigenvalue weighted by Gasteiger charge is -2.21. The van der Waals surface area contributed by atoms with Crippen LogP contribution in [0, 0.1) is 11.6 Å². The molecular formula is C15H21F2NO4. The van der Waals surface area contributed by atoms with Crippen LogP contribution in [0.2, 0.25) is 0 Å². The summed E-state index contributed by atoms with van der Waals surface area (Å²) in [4.78, 5) is 11.4. The summed E-state index contributed by atoms with van der Waals surface area (Å²) in [6.45, 7) is 5.22. The first-order valence-electron chi connectivity index (χ1n) is 6.88. The first kappa shape index (κ1) is 18.3. The van der Waals surface area contributed by atoms with Crippen molar-refractivity contribution in [2.45, 2.75) is 45.0 Å². The van der Waals surface area contributed by atoms with Crippen molar-refractivity contribution in [1.29, 1.82) is 0 Å². The highest BCUT2D eigenvalue weighted by atomic mass is 19.2. The molecule has 2 unspecified atom stereocenters. The van der Waals surface area contributed by atoms with Gasteiger partial charge in [0.15, 0.2) is 11.6 Å². The van der Waals surface area contributed by atoms with E-state index in [1.165, 1.54) is 6.07 Å². The van der Waals surface area contributed by atoms with Crippen LogP contribution in [-0.2, 0) is 4.74 Å². The third-order valence-corrected chi connectivity index (χ3v) is 2.76. The van der Waals surface area contributed by atoms with Crippen LogP contribution in [0.1, 0.15) is 38.9 Å². The fourth-order valence-electron chi connectivity index (χ4n) is 1.71. The number of rotatable bonds is 5. The minimum absolute atomic E-state index is 0.0272. The fourth-order valence-corrected chi connectivity index (χ4v) is 1.71. The van der Waals surface area contributed by atoms with Crippen LogP contribution in [0.25, 0.3) is 0 Å². The molecule has 0 bridgehead atoms. The summed E-state index contributed by atoms with van der Waals surface area (Å²) in [5, 5.41) is 22.1. The summed E-state index contributed by atoms with van der Waals surface area (Å²) in [5.74, 6) is -2.13. The number of hydrogen-bond acceptors (Lipinski definition) is 4. The number of alkyl carbamates (subject to hydrolysis) is 1. The van der Waals surface area contributed by atoms with E-state index in [1.807, 2.05) is 0 Å². The Kier molecular flexibility index (Phi) is 6.25. The Balaban J connectivity index is 2.46. The van der Waals surface area contributed by atoms with Crippen LogP contribution >= 0.6 is 0 Å². The molecule has 0 saturated heterocycles. The van der Waals surface area contributed by atoms with Gasteiger partial charge in [-0.1, -0.05) is 6.07 Å². The smallest absolute Gasteiger partial charge is 0.407 e. The zero-order chi connectivity index (χ0) is 16.9. The lowest BCUT2D eigenvalue weighted by Crippen LogP contribution is -2.34. The predicted molar refractivity (Wildman–Crippen MR) is 76.2 cm³/mol. The largest absolute Gasteiger partial charge is 0.444 e. The van der Waals surface area contributed by atoms with Gasteiger partial charge in [-0.2, -0.15) is 0 Å². The summed E-state index contributed by atoms with van der Waals surface area (Å²) < 4.78 is 30.9. The molecule has 1 aromatic carbocycles. The van der Waals surface area contributed by atoms with Crippen LogP contribution in [0.3, 0.4) is 0 Å². The number of benzene rings is 1. The number of ether oxygens (including phenoxy) is 1. The van der Waals surface area contributed by atoms with Crippen molar-refractivity contribution < 1.29 is 28.5 Å². The molecule has 1 aromatic rings. The van der Waals surface area contributed by atoms with E-state index in [4.69, 9.17) is 4.74 Å². The number of amides is 1. The molecule has 0 saturated carbocycles. The summed E-state index contributed by atoms with van der Waals surface area (Å²) in [6.07, 6.45) is -3.23. The molecule has 0 heterocycles. The summed E-state index contributed by atoms with van der Waals surface area (Å²) >= 11 is 0. The SMILES string of the molecule is CC(C)(C)OC(=O)NCCC(O)C(O)c1ccc(F)c(F)c1. The zero-order valence-electron chi connectivity index (χ0n) is 12.8. The fraction of sp³-hybridized carbons (Fsp3) is 0.533. The zero-order valence-corrected chi connectivity index (χ0v) is 12.8. The second-order valence-corrected chi connectivity index (χ2v) is 5.90. The van der Waals surface area contributed by atoms with Gasteiger partial charge < -0.3 is 20.3 Å². The van der Waals surface area contributed by atoms with E-state index >= 15 is 0 Å². The number of carbonyl (C=O) groups excluding carboxylic acids is 1. The Hall–Kier alpha value is -1.73. The maximum Gasteiger partial charge on any atom is 0.407 e. The maximum absolute atomic E-state index is 13.1. The summed E-state index contributed by atoms with van der Waals surface area (Å²) in [5.41, 5.74) is -0.572. The van der Waals surface area contributed by atoms with Crippen LogP contribution < -0.4 is 5.32 Å². The molecule has 2 atom stereocenters. The molecule has 0 spiro atoms. The van der Waals surface area contributed by atoms with Gasteiger partial charge in [-0.25, -0.2) is 13.6 Å². The summed E-state index contributed by atoms with van der Waals surface area (Å²) in [6, 6.07) is 2.89. The lowest BCUT2D eigenvalue weighted by molar-refractivity contribution is 0.0121. The van der Waals surface area contributed by atoms with Gasteiger partial charge in [0.25, 0.3) is 0 Å². The van der Waals surface area contributed by atoms with Gasteiger partial charge in [0.1, 0.15) is 11.7 Å². The molecule has 7 heteroatoms. The third-order valence-electron chi connectivity index (χ3n) is 2.76. The van der Waals surface area contributed by atoms with Crippen molar-refractivity contribution in [2.24, 2.45) is 0 Å². The number of hydrogen-bond donors (Lipinski definition) is 3. The second-order valence-electron chi connectivity index (χ2n) is 5.90. The first-order chi connectivity index (χ1) is 10.1. The standard InChI is InChI=1S/C15H21F2NO4/c1-15(2,3)22-14(21)18-7-6-12(19)13(20)9-4-5-10(16)11(17)8-9/h4-5,8,12-13,19-20H,6-7H2,1-3H3,(H,18,21). The number of carbonyl (C=O) groups is 1. The van der Waals surface area contributed by atoms with Crippen LogP contribution in [0.5, 0.6) is 0 Å². The van der Waals surface area contributed by atoms with Crippen LogP contribution in [0.4, 0.5) is 13.6 Å². The van der Waals surface area contributed by atoms with Gasteiger partial charge in [-0.3, -0.25) is 0 Å². The van der Waals surface area contributed by atoms with Crippen molar-refractivity contribution in [2.75, 3.05) is 6.54 Å². The second kappa shape index (κ2) is 7.51. The van der Waals surface area contributed by atoms with E-state index in [0.29, 0.717) is 0 Å². The lowest BCUT2D eigenvalue weighted by atomic mass is 10.0. The molecule has 0 fully saturated rings. The van der Waals surface area contributed by atoms with E-state index in [9.17, 15) is 23.8 Å². The van der Waals surface area contributed by atoms with Gasteiger partial charge in [-0.05, 0) is 44.9 Å². The molecule has 0 aliphatic rings. The van der Waals surface area contributed by atoms with Crippen molar-refractivity contribution in [3.05, 3.63) is 35.4 Å². The van der Waals surface area contributed by atoms with Gasteiger partial charge in [-0.15, -0.1) is 0 Å². The van der Waals surface area contributed by atoms with Crippen molar-refractivity contribution in [3.63, 3.8) is 0 Å². The molecule has 5 nitrogen and oxygen atoms in total. The molecule has 1 amide bonds. The molecule has 0 aliphatic heterocycles. The molecule has 3 N–H and O–H groups in total. The van der Waals surface area contributed by atoms with E-state index < -0.39 is 35.5 Å². The Labute approximate surface area is 127 Å². The number of halogens is 2. The average Bonchev–Trinajstić information content (AvgIpc) is 2.38. The average molecular weight is 317 g/mol. The quantitative estimate of drug-likeness (QED) is 0.778. The van der Waals surface area contributed by atoms with E-state index in [1.54, 1.807) is 20.8 Å². The van der Waals surface area contributed by atoms with Gasteiger partial charge >= 0.3 is 6.09 Å². The highest BCUT2D eigenvalue weighted by Gasteiger charge is 2.21. The van der Waals surface area contributed by atoms with Crippen molar-refractivity contribution in [1.82, 2.24) is 5.32 Å². The van der Waals surface area contributed by atoms with Crippen LogP contribution in [0.15, 0.2) is 18.2 Å². The topological polar surface area (TPSA) is 78.8 Å². The molecule has 0 aromatic heterocycles. The molecule has 1 rings (SSSR count). The van der Waals surface area contributed by atoms with Crippen molar-refractivity contribution in [3.8, 4) is 0 Å². The minimum Gasteiger partial charge on any atom is -0.444 e. The van der Waals surface area contributed by atoms with Gasteiger partial charge in [0.05, 0.1) is 6.10 Å². The molecule has 0 aliphatic carbocycles. The third kappa shape index (κ3) is 5.95. The Morgan fingerprint density at radius 3 is 2.45 bits per heavy atom. The molecule has 124 valence electrons. The number of aliphatic hydroxyl groups excluding tert-OH is 2. The number of nitrogens with one attached hydrogen (secondary N) is 1. The Morgan fingerprint density at radius 1 is 1.27 bits per heavy atom. The molecular weight excluding hydrogens is 296 g/mol. The number of aliphatic hydroxyl groups is 2. The predicted octanol–water partition coefficient (Wildman–Crippen LogP) is 2.27. The van der Waals surface area contributed by atoms with E-state index in [2.05, 4.69) is 5.32 Å². The van der Waals surface area contributed by atoms with E-state index in [0.717, 1.165) is 12.1 Å².